The van der Waals surface area contributed by atoms with Crippen LogP contribution in [0.2, 0.25) is 0 Å². The van der Waals surface area contributed by atoms with Crippen LogP contribution in [0, 0.1) is 12.3 Å². The van der Waals surface area contributed by atoms with Crippen LogP contribution in [-0.4, -0.2) is 6.67 Å². The normalized spacial score (nSPS) is 12.1. The summed E-state index contributed by atoms with van der Waals surface area (Å²) in [6, 6.07) is 7.44. The molecule has 1 atom stereocenters. The highest BCUT2D eigenvalue weighted by Crippen LogP contribution is 2.16. The van der Waals surface area contributed by atoms with Gasteiger partial charge in [-0.25, -0.2) is 0 Å². The first-order valence-electron chi connectivity index (χ1n) is 3.90. The SMILES string of the molecule is C#Cc1cccc(C(C)CF)c1. The summed E-state index contributed by atoms with van der Waals surface area (Å²) in [6.45, 7) is 1.50. The molecule has 0 saturated heterocycles. The van der Waals surface area contributed by atoms with Gasteiger partial charge >= 0.3 is 0 Å². The van der Waals surface area contributed by atoms with Crippen LogP contribution in [0.3, 0.4) is 0 Å². The Labute approximate surface area is 72.4 Å². The third-order valence-corrected chi connectivity index (χ3v) is 1.85. The largest absolute Gasteiger partial charge is 0.250 e. The molecule has 0 nitrogen and oxygen atoms in total. The van der Waals surface area contributed by atoms with Gasteiger partial charge in [-0.2, -0.15) is 0 Å². The Morgan fingerprint density at radius 2 is 2.33 bits per heavy atom. The topological polar surface area (TPSA) is 0 Å². The second kappa shape index (κ2) is 3.92. The average Bonchev–Trinajstić information content (AvgIpc) is 2.17. The zero-order chi connectivity index (χ0) is 8.97. The molecule has 0 spiro atoms. The molecule has 0 fully saturated rings. The van der Waals surface area contributed by atoms with E-state index in [0.29, 0.717) is 0 Å². The van der Waals surface area contributed by atoms with Gasteiger partial charge in [0.1, 0.15) is 0 Å². The fourth-order valence-corrected chi connectivity index (χ4v) is 1.02. The molecular formula is C11H11F. The van der Waals surface area contributed by atoms with Gasteiger partial charge in [0, 0.05) is 11.5 Å². The Morgan fingerprint density at radius 1 is 1.58 bits per heavy atom. The molecule has 12 heavy (non-hydrogen) atoms. The lowest BCUT2D eigenvalue weighted by Gasteiger charge is -2.06. The van der Waals surface area contributed by atoms with E-state index < -0.39 is 0 Å². The van der Waals surface area contributed by atoms with E-state index in [-0.39, 0.29) is 12.6 Å². The summed E-state index contributed by atoms with van der Waals surface area (Å²) < 4.78 is 12.3. The maximum Gasteiger partial charge on any atom is 0.0960 e. The highest BCUT2D eigenvalue weighted by Gasteiger charge is 2.03. The Morgan fingerprint density at radius 3 is 2.92 bits per heavy atom. The van der Waals surface area contributed by atoms with Crippen LogP contribution in [0.5, 0.6) is 0 Å². The molecule has 0 aromatic heterocycles. The molecule has 62 valence electrons. The molecule has 0 aliphatic heterocycles. The lowest BCUT2D eigenvalue weighted by molar-refractivity contribution is 0.447. The van der Waals surface area contributed by atoms with Crippen molar-refractivity contribution in [1.82, 2.24) is 0 Å². The minimum Gasteiger partial charge on any atom is -0.250 e. The van der Waals surface area contributed by atoms with Gasteiger partial charge in [-0.05, 0) is 17.7 Å². The van der Waals surface area contributed by atoms with Crippen LogP contribution >= 0.6 is 0 Å². The molecule has 0 amide bonds. The maximum atomic E-state index is 12.3. The van der Waals surface area contributed by atoms with E-state index in [2.05, 4.69) is 5.92 Å². The summed E-state index contributed by atoms with van der Waals surface area (Å²) in [5.41, 5.74) is 1.78. The number of benzene rings is 1. The molecule has 1 aromatic carbocycles. The van der Waals surface area contributed by atoms with Crippen molar-refractivity contribution in [2.45, 2.75) is 12.8 Å². The van der Waals surface area contributed by atoms with Gasteiger partial charge in [-0.1, -0.05) is 25.0 Å². The summed E-state index contributed by atoms with van der Waals surface area (Å²) in [7, 11) is 0. The van der Waals surface area contributed by atoms with E-state index in [9.17, 15) is 4.39 Å². The predicted octanol–water partition coefficient (Wildman–Crippen LogP) is 2.74. The van der Waals surface area contributed by atoms with Gasteiger partial charge in [-0.15, -0.1) is 6.42 Å². The number of halogens is 1. The van der Waals surface area contributed by atoms with Crippen molar-refractivity contribution in [1.29, 1.82) is 0 Å². The summed E-state index contributed by atoms with van der Waals surface area (Å²) in [4.78, 5) is 0. The molecule has 0 saturated carbocycles. The Bertz CT molecular complexity index is 296. The molecule has 0 radical (unpaired) electrons. The molecule has 0 bridgehead atoms. The third kappa shape index (κ3) is 1.85. The van der Waals surface area contributed by atoms with Crippen LogP contribution in [0.25, 0.3) is 0 Å². The fraction of sp³-hybridized carbons (Fsp3) is 0.273. The summed E-state index contributed by atoms with van der Waals surface area (Å²) >= 11 is 0. The van der Waals surface area contributed by atoms with Crippen molar-refractivity contribution in [3.8, 4) is 12.3 Å². The molecule has 0 N–H and O–H groups in total. The minimum absolute atomic E-state index is 0.0571. The number of hydrogen-bond donors (Lipinski definition) is 0. The second-order valence-corrected chi connectivity index (χ2v) is 2.83. The van der Waals surface area contributed by atoms with E-state index in [4.69, 9.17) is 6.42 Å². The third-order valence-electron chi connectivity index (χ3n) is 1.85. The van der Waals surface area contributed by atoms with E-state index >= 15 is 0 Å². The average molecular weight is 162 g/mol. The summed E-state index contributed by atoms with van der Waals surface area (Å²) in [6.07, 6.45) is 5.22. The highest BCUT2D eigenvalue weighted by molar-refractivity contribution is 5.36. The van der Waals surface area contributed by atoms with Crippen molar-refractivity contribution < 1.29 is 4.39 Å². The number of rotatable bonds is 2. The molecule has 0 heterocycles. The van der Waals surface area contributed by atoms with Crippen molar-refractivity contribution >= 4 is 0 Å². The van der Waals surface area contributed by atoms with E-state index in [1.54, 1.807) is 0 Å². The Kier molecular flexibility index (Phi) is 2.88. The Hall–Kier alpha value is -1.29. The quantitative estimate of drug-likeness (QED) is 0.586. The molecule has 1 unspecified atom stereocenters. The maximum absolute atomic E-state index is 12.3. The van der Waals surface area contributed by atoms with Crippen molar-refractivity contribution in [3.05, 3.63) is 35.4 Å². The Balaban J connectivity index is 2.95. The van der Waals surface area contributed by atoms with Gasteiger partial charge in [0.2, 0.25) is 0 Å². The smallest absolute Gasteiger partial charge is 0.0960 e. The first-order valence-corrected chi connectivity index (χ1v) is 3.90. The van der Waals surface area contributed by atoms with Crippen molar-refractivity contribution in [3.63, 3.8) is 0 Å². The first-order chi connectivity index (χ1) is 5.77. The summed E-state index contributed by atoms with van der Waals surface area (Å²) in [5.74, 6) is 2.47. The van der Waals surface area contributed by atoms with Gasteiger partial charge < -0.3 is 0 Å². The minimum atomic E-state index is -0.339. The molecule has 0 aliphatic carbocycles. The molecular weight excluding hydrogens is 151 g/mol. The number of hydrogen-bond acceptors (Lipinski definition) is 0. The van der Waals surface area contributed by atoms with Gasteiger partial charge in [0.25, 0.3) is 0 Å². The zero-order valence-corrected chi connectivity index (χ0v) is 7.05. The monoisotopic (exact) mass is 162 g/mol. The number of terminal acetylenes is 1. The second-order valence-electron chi connectivity index (χ2n) is 2.83. The molecule has 1 heteroatoms. The lowest BCUT2D eigenvalue weighted by atomic mass is 10.0. The van der Waals surface area contributed by atoms with Crippen LogP contribution in [-0.2, 0) is 0 Å². The zero-order valence-electron chi connectivity index (χ0n) is 7.05. The van der Waals surface area contributed by atoms with Gasteiger partial charge in [-0.3, -0.25) is 4.39 Å². The molecule has 0 aliphatic rings. The van der Waals surface area contributed by atoms with Crippen molar-refractivity contribution in [2.75, 3.05) is 6.67 Å². The summed E-state index contributed by atoms with van der Waals surface area (Å²) in [5, 5.41) is 0. The van der Waals surface area contributed by atoms with E-state index in [1.807, 2.05) is 31.2 Å². The molecule has 1 aromatic rings. The van der Waals surface area contributed by atoms with E-state index in [0.717, 1.165) is 11.1 Å². The van der Waals surface area contributed by atoms with Crippen molar-refractivity contribution in [2.24, 2.45) is 0 Å². The van der Waals surface area contributed by atoms with Crippen LogP contribution in [0.1, 0.15) is 24.0 Å². The van der Waals surface area contributed by atoms with Gasteiger partial charge in [0.15, 0.2) is 0 Å². The molecule has 1 rings (SSSR count). The predicted molar refractivity (Wildman–Crippen MR) is 48.8 cm³/mol. The number of alkyl halides is 1. The van der Waals surface area contributed by atoms with E-state index in [1.165, 1.54) is 0 Å². The fourth-order valence-electron chi connectivity index (χ4n) is 1.02. The van der Waals surface area contributed by atoms with Crippen LogP contribution in [0.15, 0.2) is 24.3 Å². The highest BCUT2D eigenvalue weighted by atomic mass is 19.1. The lowest BCUT2D eigenvalue weighted by Crippen LogP contribution is -1.95. The first kappa shape index (κ1) is 8.80. The van der Waals surface area contributed by atoms with Crippen LogP contribution < -0.4 is 0 Å². The van der Waals surface area contributed by atoms with Gasteiger partial charge in [0.05, 0.1) is 6.67 Å². The standard InChI is InChI=1S/C11H11F/c1-3-10-5-4-6-11(7-10)9(2)8-12/h1,4-7,9H,8H2,2H3. The van der Waals surface area contributed by atoms with Crippen LogP contribution in [0.4, 0.5) is 4.39 Å².